The third-order valence-corrected chi connectivity index (χ3v) is 4.95. The van der Waals surface area contributed by atoms with Crippen LogP contribution >= 0.6 is 11.3 Å². The molecule has 0 aliphatic heterocycles. The van der Waals surface area contributed by atoms with E-state index in [0.717, 1.165) is 23.8 Å². The van der Waals surface area contributed by atoms with E-state index in [4.69, 9.17) is 0 Å². The summed E-state index contributed by atoms with van der Waals surface area (Å²) in [6.45, 7) is 0. The number of imidazole rings is 1. The van der Waals surface area contributed by atoms with Crippen LogP contribution in [0.25, 0.3) is 16.2 Å². The molecule has 0 saturated heterocycles. The molecule has 0 spiro atoms. The van der Waals surface area contributed by atoms with Gasteiger partial charge in [-0.05, 0) is 0 Å². The monoisotopic (exact) mass is 409 g/mol. The van der Waals surface area contributed by atoms with Gasteiger partial charge in [0.15, 0.2) is 4.96 Å². The number of non-ortho nitro benzene ring substituents is 1. The van der Waals surface area contributed by atoms with Gasteiger partial charge in [-0.1, -0.05) is 30.3 Å². The Bertz CT molecular complexity index is 1280. The molecule has 0 unspecified atom stereocenters. The Hall–Kier alpha value is -4.12. The molecule has 2 aromatic heterocycles. The van der Waals surface area contributed by atoms with Crippen molar-refractivity contribution in [2.24, 2.45) is 0 Å². The molecule has 0 bridgehead atoms. The van der Waals surface area contributed by atoms with Crippen molar-refractivity contribution in [2.45, 2.75) is 0 Å². The SMILES string of the molecule is O=[N+]([O-])c1ccc(/[N+]([O-])=C\c2c(-c3ccccc3)nc3sccn23)c([N+](=O)[O-])c1. The summed E-state index contributed by atoms with van der Waals surface area (Å²) < 4.78 is 2.03. The number of hydrogen-bond donors (Lipinski definition) is 0. The summed E-state index contributed by atoms with van der Waals surface area (Å²) >= 11 is 1.38. The number of benzene rings is 2. The van der Waals surface area contributed by atoms with Crippen molar-refractivity contribution in [3.8, 4) is 11.3 Å². The van der Waals surface area contributed by atoms with Gasteiger partial charge in [0.25, 0.3) is 11.4 Å². The van der Waals surface area contributed by atoms with Crippen LogP contribution in [0.5, 0.6) is 0 Å². The second kappa shape index (κ2) is 7.13. The third kappa shape index (κ3) is 3.30. The lowest BCUT2D eigenvalue weighted by atomic mass is 10.1. The average molecular weight is 409 g/mol. The van der Waals surface area contributed by atoms with Crippen molar-refractivity contribution in [1.82, 2.24) is 9.38 Å². The topological polar surface area (TPSA) is 130 Å². The van der Waals surface area contributed by atoms with Gasteiger partial charge in [0.1, 0.15) is 17.5 Å². The molecule has 0 fully saturated rings. The van der Waals surface area contributed by atoms with Crippen LogP contribution in [0.2, 0.25) is 0 Å². The highest BCUT2D eigenvalue weighted by atomic mass is 32.1. The lowest BCUT2D eigenvalue weighted by molar-refractivity contribution is -0.413. The maximum atomic E-state index is 12.8. The third-order valence-electron chi connectivity index (χ3n) is 4.19. The van der Waals surface area contributed by atoms with Gasteiger partial charge in [0.05, 0.1) is 9.85 Å². The molecule has 4 rings (SSSR count). The lowest BCUT2D eigenvalue weighted by Crippen LogP contribution is -2.05. The van der Waals surface area contributed by atoms with Crippen molar-refractivity contribution in [1.29, 1.82) is 0 Å². The molecule has 0 aliphatic carbocycles. The van der Waals surface area contributed by atoms with Crippen LogP contribution in [-0.2, 0) is 0 Å². The molecule has 11 heteroatoms. The van der Waals surface area contributed by atoms with E-state index in [9.17, 15) is 25.4 Å². The summed E-state index contributed by atoms with van der Waals surface area (Å²) in [4.78, 5) is 25.9. The Labute approximate surface area is 166 Å². The number of rotatable bonds is 5. The second-order valence-electron chi connectivity index (χ2n) is 5.91. The number of nitro groups is 2. The Kier molecular flexibility index (Phi) is 4.49. The quantitative estimate of drug-likeness (QED) is 0.160. The summed E-state index contributed by atoms with van der Waals surface area (Å²) in [5.41, 5.74) is 0.324. The van der Waals surface area contributed by atoms with Crippen LogP contribution < -0.4 is 0 Å². The lowest BCUT2D eigenvalue weighted by Gasteiger charge is -2.05. The molecule has 0 N–H and O–H groups in total. The van der Waals surface area contributed by atoms with Crippen molar-refractivity contribution < 1.29 is 14.6 Å². The first kappa shape index (κ1) is 18.3. The first-order valence-corrected chi connectivity index (χ1v) is 9.08. The number of nitro benzene ring substituents is 2. The minimum absolute atomic E-state index is 0.315. The molecule has 29 heavy (non-hydrogen) atoms. The molecule has 144 valence electrons. The Balaban J connectivity index is 1.89. The zero-order valence-corrected chi connectivity index (χ0v) is 15.4. The maximum Gasteiger partial charge on any atom is 0.348 e. The molecular formula is C18H11N5O5S. The van der Waals surface area contributed by atoms with Crippen LogP contribution in [-0.4, -0.2) is 30.2 Å². The molecule has 0 aliphatic rings. The molecule has 0 radical (unpaired) electrons. The van der Waals surface area contributed by atoms with Crippen LogP contribution in [0.15, 0.2) is 60.1 Å². The fraction of sp³-hybridized carbons (Fsp3) is 0. The zero-order valence-electron chi connectivity index (χ0n) is 14.5. The molecular weight excluding hydrogens is 398 g/mol. The predicted octanol–water partition coefficient (Wildman–Crippen LogP) is 4.14. The predicted molar refractivity (Wildman–Crippen MR) is 107 cm³/mol. The minimum Gasteiger partial charge on any atom is -0.618 e. The van der Waals surface area contributed by atoms with E-state index in [-0.39, 0.29) is 5.69 Å². The molecule has 0 saturated carbocycles. The highest BCUT2D eigenvalue weighted by molar-refractivity contribution is 7.15. The molecule has 4 aromatic rings. The van der Waals surface area contributed by atoms with Gasteiger partial charge in [-0.25, -0.2) is 4.98 Å². The van der Waals surface area contributed by atoms with Gasteiger partial charge in [-0.15, -0.1) is 11.3 Å². The second-order valence-corrected chi connectivity index (χ2v) is 6.78. The van der Waals surface area contributed by atoms with E-state index in [1.165, 1.54) is 17.6 Å². The van der Waals surface area contributed by atoms with E-state index in [2.05, 4.69) is 4.98 Å². The number of fused-ring (bicyclic) bond motifs is 1. The van der Waals surface area contributed by atoms with Gasteiger partial charge in [-0.3, -0.25) is 24.6 Å². The van der Waals surface area contributed by atoms with Gasteiger partial charge in [0, 0.05) is 29.3 Å². The van der Waals surface area contributed by atoms with Gasteiger partial charge >= 0.3 is 5.69 Å². The standard InChI is InChI=1S/C18H11N5O5S/c24-21(14-7-6-13(22(25)26)10-15(14)23(27)28)11-16-17(12-4-2-1-3-5-12)19-18-20(16)8-9-29-18/h1-11H/b21-11+. The largest absolute Gasteiger partial charge is 0.618 e. The van der Waals surface area contributed by atoms with Crippen molar-refractivity contribution in [2.75, 3.05) is 0 Å². The Morgan fingerprint density at radius 3 is 2.41 bits per heavy atom. The van der Waals surface area contributed by atoms with Gasteiger partial charge < -0.3 is 5.21 Å². The highest BCUT2D eigenvalue weighted by Crippen LogP contribution is 2.31. The summed E-state index contributed by atoms with van der Waals surface area (Å²) in [5, 5.41) is 36.9. The number of nitrogens with zero attached hydrogens (tertiary/aromatic N) is 5. The molecule has 2 aromatic carbocycles. The van der Waals surface area contributed by atoms with Crippen molar-refractivity contribution in [3.63, 3.8) is 0 Å². The smallest absolute Gasteiger partial charge is 0.348 e. The minimum atomic E-state index is -0.824. The number of thiazole rings is 1. The molecule has 0 atom stereocenters. The van der Waals surface area contributed by atoms with Crippen LogP contribution in [0, 0.1) is 25.4 Å². The zero-order chi connectivity index (χ0) is 20.5. The van der Waals surface area contributed by atoms with E-state index in [1.54, 1.807) is 16.0 Å². The highest BCUT2D eigenvalue weighted by Gasteiger charge is 2.26. The maximum absolute atomic E-state index is 12.8. The van der Waals surface area contributed by atoms with Crippen LogP contribution in [0.4, 0.5) is 17.1 Å². The number of aromatic nitrogens is 2. The van der Waals surface area contributed by atoms with Gasteiger partial charge in [-0.2, -0.15) is 4.74 Å². The van der Waals surface area contributed by atoms with Crippen molar-refractivity contribution >= 4 is 39.6 Å². The first-order valence-electron chi connectivity index (χ1n) is 8.21. The molecule has 2 heterocycles. The van der Waals surface area contributed by atoms with E-state index < -0.39 is 21.2 Å². The van der Waals surface area contributed by atoms with Crippen molar-refractivity contribution in [3.05, 3.63) is 91.2 Å². The molecule has 0 amide bonds. The fourth-order valence-electron chi connectivity index (χ4n) is 2.87. The molecule has 10 nitrogen and oxygen atoms in total. The first-order chi connectivity index (χ1) is 14.0. The summed E-state index contributed by atoms with van der Waals surface area (Å²) in [6.07, 6.45) is 2.92. The normalized spacial score (nSPS) is 11.7. The Morgan fingerprint density at radius 2 is 1.72 bits per heavy atom. The fourth-order valence-corrected chi connectivity index (χ4v) is 3.59. The van der Waals surface area contributed by atoms with E-state index >= 15 is 0 Å². The van der Waals surface area contributed by atoms with E-state index in [0.29, 0.717) is 21.1 Å². The number of hydrogen-bond acceptors (Lipinski definition) is 7. The summed E-state index contributed by atoms with van der Waals surface area (Å²) in [6, 6.07) is 12.1. The van der Waals surface area contributed by atoms with Crippen LogP contribution in [0.1, 0.15) is 5.69 Å². The van der Waals surface area contributed by atoms with Gasteiger partial charge in [0.2, 0.25) is 6.21 Å². The van der Waals surface area contributed by atoms with E-state index in [1.807, 2.05) is 30.3 Å². The summed E-state index contributed by atoms with van der Waals surface area (Å²) in [7, 11) is 0. The van der Waals surface area contributed by atoms with Crippen LogP contribution in [0.3, 0.4) is 0 Å². The average Bonchev–Trinajstić information content (AvgIpc) is 3.30. The Morgan fingerprint density at radius 1 is 0.966 bits per heavy atom. The summed E-state index contributed by atoms with van der Waals surface area (Å²) in [5.74, 6) is 0.